The minimum atomic E-state index is -0.624. The van der Waals surface area contributed by atoms with Crippen LogP contribution in [-0.2, 0) is 0 Å². The van der Waals surface area contributed by atoms with Gasteiger partial charge in [-0.2, -0.15) is 0 Å². The molecular weight excluding hydrogens is 544 g/mol. The quantitative estimate of drug-likeness (QED) is 0.188. The lowest BCUT2D eigenvalue weighted by Gasteiger charge is -2.21. The SMILES string of the molecule is [2H]c1c([2H])c([2H])c(-c2c3c([2H])c([2H])c([2H])c([2H])c3c(-c3ccc4oc5ccccc5c4c3-c3ccccc3)c3c([2H])c([2H])c([2H])c([2H])c23)c(-c2ccccc2)c1[2H]. The lowest BCUT2D eigenvalue weighted by molar-refractivity contribution is 0.669. The molecule has 1 nitrogen and oxygen atoms in total. The second kappa shape index (κ2) is 10.4. The van der Waals surface area contributed by atoms with Crippen molar-refractivity contribution < 1.29 is 20.9 Å². The molecule has 1 heterocycles. The van der Waals surface area contributed by atoms with Gasteiger partial charge in [0.05, 0.1) is 16.4 Å². The molecular formula is C44H28O. The van der Waals surface area contributed by atoms with E-state index in [1.807, 2.05) is 54.6 Å². The van der Waals surface area contributed by atoms with Crippen LogP contribution in [0, 0.1) is 0 Å². The minimum Gasteiger partial charge on any atom is -0.456 e. The van der Waals surface area contributed by atoms with E-state index in [-0.39, 0.29) is 43.8 Å². The molecule has 0 atom stereocenters. The Morgan fingerprint density at radius 3 is 1.51 bits per heavy atom. The summed E-state index contributed by atoms with van der Waals surface area (Å²) in [6, 6.07) is 22.1. The Bertz CT molecular complexity index is 3110. The van der Waals surface area contributed by atoms with Gasteiger partial charge in [0.25, 0.3) is 0 Å². The third-order valence-corrected chi connectivity index (χ3v) is 8.25. The molecule has 0 bridgehead atoms. The van der Waals surface area contributed by atoms with Crippen molar-refractivity contribution in [3.63, 3.8) is 0 Å². The zero-order chi connectivity index (χ0) is 40.2. The molecule has 1 aromatic heterocycles. The fourth-order valence-electron chi connectivity index (χ4n) is 6.40. The fraction of sp³-hybridized carbons (Fsp3) is 0. The molecule has 0 aliphatic rings. The maximum atomic E-state index is 9.55. The Kier molecular flexibility index (Phi) is 3.74. The van der Waals surface area contributed by atoms with Crippen LogP contribution in [0.2, 0.25) is 0 Å². The van der Waals surface area contributed by atoms with Crippen LogP contribution in [0.3, 0.4) is 0 Å². The van der Waals surface area contributed by atoms with E-state index in [0.717, 1.165) is 5.39 Å². The first-order chi connectivity index (χ1) is 27.3. The molecule has 210 valence electrons. The van der Waals surface area contributed by atoms with Crippen LogP contribution in [-0.4, -0.2) is 0 Å². The van der Waals surface area contributed by atoms with Gasteiger partial charge in [0, 0.05) is 16.3 Å². The second-order valence-corrected chi connectivity index (χ2v) is 10.7. The van der Waals surface area contributed by atoms with Gasteiger partial charge in [-0.25, -0.2) is 0 Å². The molecule has 0 aliphatic heterocycles. The van der Waals surface area contributed by atoms with Crippen molar-refractivity contribution in [2.45, 2.75) is 0 Å². The van der Waals surface area contributed by atoms with Gasteiger partial charge in [0.1, 0.15) is 11.2 Å². The maximum absolute atomic E-state index is 9.55. The molecule has 0 unspecified atom stereocenters. The number of hydrogen-bond donors (Lipinski definition) is 0. The first-order valence-corrected chi connectivity index (χ1v) is 14.5. The number of furan rings is 1. The highest BCUT2D eigenvalue weighted by atomic mass is 16.3. The van der Waals surface area contributed by atoms with Gasteiger partial charge >= 0.3 is 0 Å². The topological polar surface area (TPSA) is 13.1 Å². The highest BCUT2D eigenvalue weighted by Crippen LogP contribution is 2.50. The van der Waals surface area contributed by atoms with E-state index in [0.29, 0.717) is 38.8 Å². The first kappa shape index (κ1) is 16.2. The van der Waals surface area contributed by atoms with Crippen molar-refractivity contribution in [1.82, 2.24) is 0 Å². The van der Waals surface area contributed by atoms with E-state index in [4.69, 9.17) is 14.0 Å². The molecule has 0 aliphatic carbocycles. The number of rotatable bonds is 4. The molecule has 1 heteroatoms. The zero-order valence-electron chi connectivity index (χ0n) is 35.6. The van der Waals surface area contributed by atoms with E-state index in [9.17, 15) is 6.85 Å². The lowest BCUT2D eigenvalue weighted by atomic mass is 9.81. The number of hydrogen-bond acceptors (Lipinski definition) is 1. The predicted molar refractivity (Wildman–Crippen MR) is 190 cm³/mol. The summed E-state index contributed by atoms with van der Waals surface area (Å²) < 4.78 is 116. The summed E-state index contributed by atoms with van der Waals surface area (Å²) in [4.78, 5) is 0. The molecule has 9 aromatic rings. The summed E-state index contributed by atoms with van der Waals surface area (Å²) in [5.74, 6) is 0. The molecule has 0 saturated heterocycles. The maximum Gasteiger partial charge on any atom is 0.136 e. The normalized spacial score (nSPS) is 15.3. The van der Waals surface area contributed by atoms with Crippen molar-refractivity contribution in [1.29, 1.82) is 0 Å². The third-order valence-electron chi connectivity index (χ3n) is 8.25. The number of benzene rings is 8. The number of para-hydroxylation sites is 1. The Morgan fingerprint density at radius 2 is 0.867 bits per heavy atom. The predicted octanol–water partition coefficient (Wildman–Crippen LogP) is 12.6. The van der Waals surface area contributed by atoms with Crippen LogP contribution in [0.25, 0.3) is 88.0 Å². The number of fused-ring (bicyclic) bond motifs is 5. The van der Waals surface area contributed by atoms with E-state index < -0.39 is 72.5 Å². The molecule has 0 saturated carbocycles. The lowest BCUT2D eigenvalue weighted by Crippen LogP contribution is -1.94. The van der Waals surface area contributed by atoms with Crippen LogP contribution in [0.1, 0.15) is 16.4 Å². The summed E-state index contributed by atoms with van der Waals surface area (Å²) in [6.07, 6.45) is 0. The minimum absolute atomic E-state index is 0.00744. The molecule has 0 spiro atoms. The van der Waals surface area contributed by atoms with Gasteiger partial charge in [0.2, 0.25) is 0 Å². The van der Waals surface area contributed by atoms with Gasteiger partial charge in [-0.15, -0.1) is 0 Å². The van der Waals surface area contributed by atoms with Gasteiger partial charge < -0.3 is 4.42 Å². The van der Waals surface area contributed by atoms with Crippen molar-refractivity contribution in [3.8, 4) is 44.5 Å². The second-order valence-electron chi connectivity index (χ2n) is 10.7. The van der Waals surface area contributed by atoms with E-state index in [2.05, 4.69) is 0 Å². The Labute approximate surface area is 278 Å². The van der Waals surface area contributed by atoms with E-state index >= 15 is 0 Å². The molecule has 8 aromatic carbocycles. The van der Waals surface area contributed by atoms with Gasteiger partial charge in [-0.3, -0.25) is 0 Å². The van der Waals surface area contributed by atoms with Crippen molar-refractivity contribution >= 4 is 43.5 Å². The van der Waals surface area contributed by atoms with Gasteiger partial charge in [0.15, 0.2) is 0 Å². The Hall–Kier alpha value is -5.92. The highest BCUT2D eigenvalue weighted by molar-refractivity contribution is 6.25. The standard InChI is InChI=1S/C44H28O/c1-3-15-29(16-4-1)31-19-7-8-20-32(31)42-33-21-9-11-23-35(33)43(36-24-12-10-22-34(36)42)38-27-28-40-44(37-25-13-14-26-39(37)45-40)41(38)30-17-5-2-6-18-30/h1-28H/i7D,8D,9D,10D,11D,12D,19D,20D,21D,22D,23D,24D. The van der Waals surface area contributed by atoms with Crippen LogP contribution in [0.4, 0.5) is 0 Å². The Morgan fingerprint density at radius 1 is 0.356 bits per heavy atom. The summed E-state index contributed by atoms with van der Waals surface area (Å²) in [5.41, 5.74) is 2.99. The monoisotopic (exact) mass is 584 g/mol. The fourth-order valence-corrected chi connectivity index (χ4v) is 6.40. The van der Waals surface area contributed by atoms with Crippen LogP contribution in [0.5, 0.6) is 0 Å². The molecule has 0 N–H and O–H groups in total. The average molecular weight is 585 g/mol. The molecule has 9 rings (SSSR count). The van der Waals surface area contributed by atoms with Crippen molar-refractivity contribution in [3.05, 3.63) is 170 Å². The first-order valence-electron chi connectivity index (χ1n) is 20.5. The third kappa shape index (κ3) is 4.02. The van der Waals surface area contributed by atoms with E-state index in [1.54, 1.807) is 42.5 Å². The summed E-state index contributed by atoms with van der Waals surface area (Å²) >= 11 is 0. The van der Waals surface area contributed by atoms with Gasteiger partial charge in [-0.1, -0.05) is 151 Å². The average Bonchev–Trinajstić information content (AvgIpc) is 3.62. The Balaban J connectivity index is 1.64. The van der Waals surface area contributed by atoms with E-state index in [1.165, 1.54) is 0 Å². The molecule has 45 heavy (non-hydrogen) atoms. The smallest absolute Gasteiger partial charge is 0.136 e. The van der Waals surface area contributed by atoms with Crippen LogP contribution in [0.15, 0.2) is 174 Å². The highest BCUT2D eigenvalue weighted by Gasteiger charge is 2.23. The van der Waals surface area contributed by atoms with Crippen LogP contribution < -0.4 is 0 Å². The molecule has 0 fully saturated rings. The summed E-state index contributed by atoms with van der Waals surface area (Å²) in [7, 11) is 0. The van der Waals surface area contributed by atoms with Crippen molar-refractivity contribution in [2.24, 2.45) is 0 Å². The molecule has 0 amide bonds. The largest absolute Gasteiger partial charge is 0.456 e. The zero-order valence-corrected chi connectivity index (χ0v) is 23.6. The summed E-state index contributed by atoms with van der Waals surface area (Å²) in [5, 5.41) is 0.965. The van der Waals surface area contributed by atoms with Crippen molar-refractivity contribution in [2.75, 3.05) is 0 Å². The summed E-state index contributed by atoms with van der Waals surface area (Å²) in [6.45, 7) is 0. The van der Waals surface area contributed by atoms with Crippen LogP contribution >= 0.6 is 0 Å². The van der Waals surface area contributed by atoms with Gasteiger partial charge in [-0.05, 0) is 78.7 Å². The molecule has 0 radical (unpaired) electrons.